The lowest BCUT2D eigenvalue weighted by molar-refractivity contribution is 0.102. The highest BCUT2D eigenvalue weighted by molar-refractivity contribution is 7.88. The van der Waals surface area contributed by atoms with Crippen LogP contribution in [0.3, 0.4) is 0 Å². The average molecular weight is 401 g/mol. The van der Waals surface area contributed by atoms with Crippen molar-refractivity contribution >= 4 is 33.2 Å². The molecule has 2 aromatic carbocycles. The summed E-state index contributed by atoms with van der Waals surface area (Å²) >= 11 is 5.70. The van der Waals surface area contributed by atoms with Crippen LogP contribution in [0.1, 0.15) is 33.9 Å². The molecule has 1 atom stereocenters. The molecule has 2 aromatic rings. The average Bonchev–Trinajstić information content (AvgIpc) is 2.94. The van der Waals surface area contributed by atoms with Crippen molar-refractivity contribution in [1.82, 2.24) is 4.72 Å². The maximum absolute atomic E-state index is 14.3. The van der Waals surface area contributed by atoms with Crippen molar-refractivity contribution in [1.29, 1.82) is 0 Å². The van der Waals surface area contributed by atoms with Gasteiger partial charge >= 0.3 is 0 Å². The van der Waals surface area contributed by atoms with Gasteiger partial charge in [-0.3, -0.25) is 4.79 Å². The maximum atomic E-state index is 14.3. The van der Waals surface area contributed by atoms with Gasteiger partial charge in [0.25, 0.3) is 5.91 Å². The van der Waals surface area contributed by atoms with Crippen LogP contribution in [0.25, 0.3) is 0 Å². The third-order valence-electron chi connectivity index (χ3n) is 4.11. The molecular formula is C17H15ClF2N2O3S. The van der Waals surface area contributed by atoms with E-state index in [1.54, 1.807) is 0 Å². The third kappa shape index (κ3) is 3.87. The van der Waals surface area contributed by atoms with Crippen LogP contribution in [0.15, 0.2) is 30.3 Å². The number of nitrogens with one attached hydrogen (secondary N) is 2. The van der Waals surface area contributed by atoms with Gasteiger partial charge in [0.05, 0.1) is 17.3 Å². The molecule has 0 aromatic heterocycles. The standard InChI is InChI=1S/C17H15ClF2N2O3S/c1-26(24,25)22-15-7-4-10-11(3-6-14(20)16(10)15)17(23)21-9-2-5-13(19)12(18)8-9/h2-3,5-6,8,15,22H,4,7H2,1H3,(H,21,23). The van der Waals surface area contributed by atoms with E-state index in [-0.39, 0.29) is 16.1 Å². The van der Waals surface area contributed by atoms with Crippen molar-refractivity contribution in [3.8, 4) is 0 Å². The van der Waals surface area contributed by atoms with Crippen molar-refractivity contribution in [2.75, 3.05) is 11.6 Å². The molecule has 0 fully saturated rings. The number of carbonyl (C=O) groups is 1. The van der Waals surface area contributed by atoms with Crippen molar-refractivity contribution in [3.63, 3.8) is 0 Å². The molecule has 138 valence electrons. The number of hydrogen-bond acceptors (Lipinski definition) is 3. The summed E-state index contributed by atoms with van der Waals surface area (Å²) in [5.74, 6) is -1.69. The molecule has 1 aliphatic carbocycles. The zero-order chi connectivity index (χ0) is 19.1. The van der Waals surface area contributed by atoms with E-state index in [9.17, 15) is 22.0 Å². The Morgan fingerprint density at radius 1 is 1.19 bits per heavy atom. The molecular weight excluding hydrogens is 386 g/mol. The molecule has 3 rings (SSSR count). The number of fused-ring (bicyclic) bond motifs is 1. The summed E-state index contributed by atoms with van der Waals surface area (Å²) in [6, 6.07) is 5.52. The Hall–Kier alpha value is -2.03. The maximum Gasteiger partial charge on any atom is 0.255 e. The van der Waals surface area contributed by atoms with Gasteiger partial charge in [0, 0.05) is 16.8 Å². The lowest BCUT2D eigenvalue weighted by Gasteiger charge is -2.15. The van der Waals surface area contributed by atoms with Crippen molar-refractivity contribution < 1.29 is 22.0 Å². The molecule has 1 amide bonds. The zero-order valence-electron chi connectivity index (χ0n) is 13.6. The summed E-state index contributed by atoms with van der Waals surface area (Å²) < 4.78 is 52.8. The highest BCUT2D eigenvalue weighted by Gasteiger charge is 2.31. The van der Waals surface area contributed by atoms with E-state index >= 15 is 0 Å². The van der Waals surface area contributed by atoms with Crippen LogP contribution in [0.4, 0.5) is 14.5 Å². The number of halogens is 3. The molecule has 1 aliphatic rings. The Morgan fingerprint density at radius 2 is 1.88 bits per heavy atom. The molecule has 0 bridgehead atoms. The van der Waals surface area contributed by atoms with E-state index in [1.807, 2.05) is 0 Å². The molecule has 0 heterocycles. The second-order valence-corrected chi connectivity index (χ2v) is 8.24. The fourth-order valence-electron chi connectivity index (χ4n) is 3.08. The van der Waals surface area contributed by atoms with E-state index < -0.39 is 33.6 Å². The van der Waals surface area contributed by atoms with E-state index in [0.717, 1.165) is 18.4 Å². The van der Waals surface area contributed by atoms with Gasteiger partial charge in [-0.25, -0.2) is 21.9 Å². The van der Waals surface area contributed by atoms with Gasteiger partial charge in [0.1, 0.15) is 11.6 Å². The molecule has 0 aliphatic heterocycles. The Labute approximate surface area is 154 Å². The molecule has 1 unspecified atom stereocenters. The summed E-state index contributed by atoms with van der Waals surface area (Å²) in [5, 5.41) is 2.45. The van der Waals surface area contributed by atoms with E-state index in [4.69, 9.17) is 11.6 Å². The second-order valence-electron chi connectivity index (χ2n) is 6.05. The topological polar surface area (TPSA) is 75.3 Å². The first kappa shape index (κ1) is 18.8. The minimum atomic E-state index is -3.52. The summed E-state index contributed by atoms with van der Waals surface area (Å²) in [4.78, 5) is 12.6. The Bertz CT molecular complexity index is 996. The molecule has 9 heteroatoms. The van der Waals surface area contributed by atoms with Gasteiger partial charge in [-0.1, -0.05) is 11.6 Å². The summed E-state index contributed by atoms with van der Waals surface area (Å²) in [7, 11) is -3.52. The second kappa shape index (κ2) is 6.94. The Morgan fingerprint density at radius 3 is 2.54 bits per heavy atom. The van der Waals surface area contributed by atoms with Gasteiger partial charge in [0.15, 0.2) is 0 Å². The van der Waals surface area contributed by atoms with Crippen LogP contribution in [-0.2, 0) is 16.4 Å². The molecule has 5 nitrogen and oxygen atoms in total. The molecule has 0 radical (unpaired) electrons. The van der Waals surface area contributed by atoms with Crippen LogP contribution in [0, 0.1) is 11.6 Å². The number of sulfonamides is 1. The molecule has 0 saturated heterocycles. The van der Waals surface area contributed by atoms with Gasteiger partial charge in [-0.05, 0) is 48.7 Å². The number of benzene rings is 2. The van der Waals surface area contributed by atoms with Gasteiger partial charge in [-0.15, -0.1) is 0 Å². The van der Waals surface area contributed by atoms with Crippen LogP contribution in [0.2, 0.25) is 5.02 Å². The summed E-state index contributed by atoms with van der Waals surface area (Å²) in [5.41, 5.74) is 1.17. The number of hydrogen-bond donors (Lipinski definition) is 2. The highest BCUT2D eigenvalue weighted by atomic mass is 35.5. The molecule has 2 N–H and O–H groups in total. The van der Waals surface area contributed by atoms with Gasteiger partial charge in [0.2, 0.25) is 10.0 Å². The minimum absolute atomic E-state index is 0.135. The Kier molecular flexibility index (Phi) is 5.01. The molecule has 0 saturated carbocycles. The van der Waals surface area contributed by atoms with Crippen molar-refractivity contribution in [3.05, 3.63) is 63.7 Å². The number of amides is 1. The monoisotopic (exact) mass is 400 g/mol. The molecule has 26 heavy (non-hydrogen) atoms. The smallest absolute Gasteiger partial charge is 0.255 e. The largest absolute Gasteiger partial charge is 0.322 e. The lowest BCUT2D eigenvalue weighted by atomic mass is 10.0. The van der Waals surface area contributed by atoms with E-state index in [0.29, 0.717) is 24.1 Å². The van der Waals surface area contributed by atoms with E-state index in [1.165, 1.54) is 18.2 Å². The van der Waals surface area contributed by atoms with Gasteiger partial charge in [-0.2, -0.15) is 0 Å². The lowest BCUT2D eigenvalue weighted by Crippen LogP contribution is -2.26. The quantitative estimate of drug-likeness (QED) is 0.825. The fraction of sp³-hybridized carbons (Fsp3) is 0.235. The van der Waals surface area contributed by atoms with Crippen molar-refractivity contribution in [2.24, 2.45) is 0 Å². The first-order valence-electron chi connectivity index (χ1n) is 7.70. The SMILES string of the molecule is CS(=O)(=O)NC1CCc2c(C(=O)Nc3ccc(F)c(Cl)c3)ccc(F)c21. The summed E-state index contributed by atoms with van der Waals surface area (Å²) in [6.07, 6.45) is 1.71. The van der Waals surface area contributed by atoms with Crippen LogP contribution in [0.5, 0.6) is 0 Å². The van der Waals surface area contributed by atoms with Gasteiger partial charge < -0.3 is 5.32 Å². The predicted molar refractivity (Wildman–Crippen MR) is 94.8 cm³/mol. The molecule has 0 spiro atoms. The minimum Gasteiger partial charge on any atom is -0.322 e. The van der Waals surface area contributed by atoms with Crippen LogP contribution < -0.4 is 10.0 Å². The third-order valence-corrected chi connectivity index (χ3v) is 5.12. The number of anilines is 1. The first-order chi connectivity index (χ1) is 12.2. The Balaban J connectivity index is 1.92. The van der Waals surface area contributed by atoms with Crippen LogP contribution in [-0.4, -0.2) is 20.6 Å². The number of carbonyl (C=O) groups excluding carboxylic acids is 1. The first-order valence-corrected chi connectivity index (χ1v) is 9.97. The zero-order valence-corrected chi connectivity index (χ0v) is 15.2. The van der Waals surface area contributed by atoms with E-state index in [2.05, 4.69) is 10.0 Å². The predicted octanol–water partition coefficient (Wildman–Crippen LogP) is 3.41. The number of rotatable bonds is 4. The van der Waals surface area contributed by atoms with Crippen LogP contribution >= 0.6 is 11.6 Å². The van der Waals surface area contributed by atoms with Crippen molar-refractivity contribution in [2.45, 2.75) is 18.9 Å². The highest BCUT2D eigenvalue weighted by Crippen LogP contribution is 2.36. The normalized spacial score (nSPS) is 16.4. The fourth-order valence-corrected chi connectivity index (χ4v) is 4.01. The summed E-state index contributed by atoms with van der Waals surface area (Å²) in [6.45, 7) is 0.